The van der Waals surface area contributed by atoms with E-state index in [1.54, 1.807) is 24.3 Å². The average molecular weight is 450 g/mol. The van der Waals surface area contributed by atoms with Gasteiger partial charge in [-0.25, -0.2) is 9.29 Å². The third-order valence-corrected chi connectivity index (χ3v) is 7.25. The quantitative estimate of drug-likeness (QED) is 0.582. The van der Waals surface area contributed by atoms with E-state index in [0.29, 0.717) is 0 Å². The summed E-state index contributed by atoms with van der Waals surface area (Å²) in [6.45, 7) is 0. The van der Waals surface area contributed by atoms with Crippen LogP contribution in [0.25, 0.3) is 0 Å². The molecule has 0 unspecified atom stereocenters. The number of carboxylic acid groups (broad SMARTS) is 1. The number of carboxylic acids is 1. The van der Waals surface area contributed by atoms with E-state index in [1.165, 1.54) is 35.6 Å². The Hall–Kier alpha value is -3.36. The first-order valence-corrected chi connectivity index (χ1v) is 11.0. The molecule has 2 amide bonds. The summed E-state index contributed by atoms with van der Waals surface area (Å²) < 4.78 is 13.4. The van der Waals surface area contributed by atoms with Crippen LogP contribution in [-0.4, -0.2) is 28.4 Å². The number of fused-ring (bicyclic) bond motifs is 1. The molecule has 1 aromatic heterocycles. The molecule has 2 aliphatic rings. The minimum absolute atomic E-state index is 0.0441. The smallest absolute Gasteiger partial charge is 0.325 e. The maximum atomic E-state index is 13.6. The lowest BCUT2D eigenvalue weighted by molar-refractivity contribution is -0.148. The van der Waals surface area contributed by atoms with Crippen molar-refractivity contribution in [3.05, 3.63) is 88.4 Å². The Morgan fingerprint density at radius 2 is 1.75 bits per heavy atom. The fourth-order valence-electron chi connectivity index (χ4n) is 4.91. The second-order valence-electron chi connectivity index (χ2n) is 8.07. The monoisotopic (exact) mass is 450 g/mol. The van der Waals surface area contributed by atoms with Crippen LogP contribution < -0.4 is 10.2 Å². The fraction of sp³-hybridized carbons (Fsp3) is 0.208. The van der Waals surface area contributed by atoms with Crippen molar-refractivity contribution in [3.8, 4) is 0 Å². The summed E-state index contributed by atoms with van der Waals surface area (Å²) in [6, 6.07) is 17.2. The molecule has 0 spiro atoms. The summed E-state index contributed by atoms with van der Waals surface area (Å²) in [5.74, 6) is -4.73. The molecule has 3 heterocycles. The van der Waals surface area contributed by atoms with Gasteiger partial charge in [-0.2, -0.15) is 0 Å². The van der Waals surface area contributed by atoms with Crippen LogP contribution in [0, 0.1) is 17.7 Å². The van der Waals surface area contributed by atoms with E-state index in [-0.39, 0.29) is 12.1 Å². The van der Waals surface area contributed by atoms with Gasteiger partial charge in [-0.1, -0.05) is 36.4 Å². The van der Waals surface area contributed by atoms with Gasteiger partial charge in [0.2, 0.25) is 11.8 Å². The Kier molecular flexibility index (Phi) is 4.91. The van der Waals surface area contributed by atoms with Crippen LogP contribution in [0.1, 0.15) is 16.5 Å². The van der Waals surface area contributed by atoms with E-state index in [9.17, 15) is 23.9 Å². The number of hydrogen-bond donors (Lipinski definition) is 2. The van der Waals surface area contributed by atoms with Gasteiger partial charge in [0.1, 0.15) is 11.4 Å². The third-order valence-electron chi connectivity index (χ3n) is 6.30. The van der Waals surface area contributed by atoms with Gasteiger partial charge in [0.05, 0.1) is 23.6 Å². The van der Waals surface area contributed by atoms with E-state index in [1.807, 2.05) is 23.6 Å². The Balaban J connectivity index is 1.64. The van der Waals surface area contributed by atoms with Gasteiger partial charge >= 0.3 is 5.97 Å². The van der Waals surface area contributed by atoms with E-state index in [2.05, 4.69) is 5.32 Å². The van der Waals surface area contributed by atoms with Crippen molar-refractivity contribution in [1.29, 1.82) is 0 Å². The summed E-state index contributed by atoms with van der Waals surface area (Å²) in [6.07, 6.45) is 0.0441. The molecule has 0 bridgehead atoms. The van der Waals surface area contributed by atoms with Crippen LogP contribution in [0.4, 0.5) is 10.1 Å². The van der Waals surface area contributed by atoms with Gasteiger partial charge in [0.15, 0.2) is 0 Å². The Morgan fingerprint density at radius 3 is 2.38 bits per heavy atom. The lowest BCUT2D eigenvalue weighted by atomic mass is 9.76. The van der Waals surface area contributed by atoms with Gasteiger partial charge in [0, 0.05) is 11.3 Å². The fourth-order valence-corrected chi connectivity index (χ4v) is 5.74. The Labute approximate surface area is 187 Å². The van der Waals surface area contributed by atoms with Gasteiger partial charge in [-0.05, 0) is 41.3 Å². The summed E-state index contributed by atoms with van der Waals surface area (Å²) in [5, 5.41) is 15.4. The van der Waals surface area contributed by atoms with Gasteiger partial charge in [-0.3, -0.25) is 19.7 Å². The largest absolute Gasteiger partial charge is 0.480 e. The Bertz CT molecular complexity index is 1180. The first-order valence-electron chi connectivity index (χ1n) is 10.1. The molecule has 2 aromatic carbocycles. The summed E-state index contributed by atoms with van der Waals surface area (Å²) in [7, 11) is 0. The zero-order valence-electron chi connectivity index (χ0n) is 16.8. The molecule has 2 N–H and O–H groups in total. The number of carbonyl (C=O) groups excluding carboxylic acids is 2. The highest BCUT2D eigenvalue weighted by Crippen LogP contribution is 2.51. The first-order chi connectivity index (χ1) is 15.4. The number of amides is 2. The molecule has 5 rings (SSSR count). The SMILES string of the molecule is O=C1[C@H]2[C@@H](C(=O)N1c1ccc(F)cc1)[C@@](Cc1ccccc1)(C(=O)O)N[C@H]2c1cccs1. The molecule has 4 atom stereocenters. The topological polar surface area (TPSA) is 86.7 Å². The molecule has 0 saturated carbocycles. The maximum Gasteiger partial charge on any atom is 0.325 e. The predicted molar refractivity (Wildman–Crippen MR) is 117 cm³/mol. The zero-order valence-corrected chi connectivity index (χ0v) is 17.6. The van der Waals surface area contributed by atoms with Crippen molar-refractivity contribution in [2.45, 2.75) is 18.0 Å². The van der Waals surface area contributed by atoms with Gasteiger partial charge in [0.25, 0.3) is 0 Å². The molecule has 32 heavy (non-hydrogen) atoms. The number of carbonyl (C=O) groups is 3. The van der Waals surface area contributed by atoms with Crippen molar-refractivity contribution in [2.24, 2.45) is 11.8 Å². The third kappa shape index (κ3) is 3.06. The van der Waals surface area contributed by atoms with E-state index < -0.39 is 47.0 Å². The molecule has 0 aliphatic carbocycles. The number of nitrogens with zero attached hydrogens (tertiary/aromatic N) is 1. The summed E-state index contributed by atoms with van der Waals surface area (Å²) in [5.41, 5.74) is -0.685. The molecule has 8 heteroatoms. The van der Waals surface area contributed by atoms with Crippen LogP contribution in [0.5, 0.6) is 0 Å². The van der Waals surface area contributed by atoms with Crippen LogP contribution in [0.15, 0.2) is 72.1 Å². The standard InChI is InChI=1S/C24H19FN2O4S/c25-15-8-10-16(11-9-15)27-21(28)18-19(22(27)29)24(23(30)31,13-14-5-2-1-3-6-14)26-20(18)17-7-4-12-32-17/h1-12,18-20,26H,13H2,(H,30,31)/t18-,19-,20-,24-/m0/s1. The number of hydrogen-bond acceptors (Lipinski definition) is 5. The van der Waals surface area contributed by atoms with Crippen LogP contribution in [-0.2, 0) is 20.8 Å². The minimum Gasteiger partial charge on any atom is -0.480 e. The maximum absolute atomic E-state index is 13.6. The summed E-state index contributed by atoms with van der Waals surface area (Å²) in [4.78, 5) is 41.7. The molecule has 3 aromatic rings. The average Bonchev–Trinajstić information content (AvgIpc) is 3.48. The Morgan fingerprint density at radius 1 is 1.03 bits per heavy atom. The van der Waals surface area contributed by atoms with Crippen molar-refractivity contribution >= 4 is 34.8 Å². The number of nitrogens with one attached hydrogen (secondary N) is 1. The highest BCUT2D eigenvalue weighted by atomic mass is 32.1. The molecule has 0 radical (unpaired) electrons. The molecule has 2 saturated heterocycles. The molecular formula is C24H19FN2O4S. The molecule has 2 aliphatic heterocycles. The molecular weight excluding hydrogens is 431 g/mol. The van der Waals surface area contributed by atoms with E-state index in [0.717, 1.165) is 15.3 Å². The lowest BCUT2D eigenvalue weighted by Gasteiger charge is -2.31. The second kappa shape index (κ2) is 7.65. The minimum atomic E-state index is -1.66. The number of imide groups is 1. The summed E-state index contributed by atoms with van der Waals surface area (Å²) >= 11 is 1.40. The number of aliphatic carboxylic acids is 1. The molecule has 2 fully saturated rings. The predicted octanol–water partition coefficient (Wildman–Crippen LogP) is 3.40. The normalized spacial score (nSPS) is 27.0. The number of thiophene rings is 1. The van der Waals surface area contributed by atoms with Crippen molar-refractivity contribution in [2.75, 3.05) is 4.90 Å². The lowest BCUT2D eigenvalue weighted by Crippen LogP contribution is -2.57. The van der Waals surface area contributed by atoms with Crippen LogP contribution in [0.2, 0.25) is 0 Å². The van der Waals surface area contributed by atoms with E-state index >= 15 is 0 Å². The number of anilines is 1. The van der Waals surface area contributed by atoms with Crippen molar-refractivity contribution in [1.82, 2.24) is 5.32 Å². The van der Waals surface area contributed by atoms with Gasteiger partial charge in [-0.15, -0.1) is 11.3 Å². The van der Waals surface area contributed by atoms with Crippen LogP contribution in [0.3, 0.4) is 0 Å². The number of rotatable bonds is 5. The van der Waals surface area contributed by atoms with Crippen molar-refractivity contribution in [3.63, 3.8) is 0 Å². The molecule has 162 valence electrons. The van der Waals surface area contributed by atoms with Crippen LogP contribution >= 0.6 is 11.3 Å². The highest BCUT2D eigenvalue weighted by molar-refractivity contribution is 7.10. The van der Waals surface area contributed by atoms with E-state index in [4.69, 9.17) is 0 Å². The first kappa shape index (κ1) is 20.5. The highest BCUT2D eigenvalue weighted by Gasteiger charge is 2.68. The molecule has 6 nitrogen and oxygen atoms in total. The number of halogens is 1. The zero-order chi connectivity index (χ0) is 22.5. The van der Waals surface area contributed by atoms with Gasteiger partial charge < -0.3 is 5.11 Å². The second-order valence-corrected chi connectivity index (χ2v) is 9.05. The van der Waals surface area contributed by atoms with Crippen molar-refractivity contribution < 1.29 is 23.9 Å². The number of benzene rings is 2.